The summed E-state index contributed by atoms with van der Waals surface area (Å²) in [6, 6.07) is 4.15. The Morgan fingerprint density at radius 1 is 1.25 bits per heavy atom. The predicted molar refractivity (Wildman–Crippen MR) is 128 cm³/mol. The normalized spacial score (nSPS) is 16.2. The molecular formula is C22H27F3N6O4S. The van der Waals surface area contributed by atoms with Crippen molar-refractivity contribution in [2.75, 3.05) is 44.0 Å². The molecule has 0 aliphatic carbocycles. The highest BCUT2D eigenvalue weighted by molar-refractivity contribution is 7.89. The van der Waals surface area contributed by atoms with Gasteiger partial charge >= 0.3 is 6.18 Å². The average Bonchev–Trinajstić information content (AvgIpc) is 3.29. The molecule has 2 aromatic heterocycles. The van der Waals surface area contributed by atoms with Crippen LogP contribution in [0.3, 0.4) is 0 Å². The predicted octanol–water partition coefficient (Wildman–Crippen LogP) is 3.96. The van der Waals surface area contributed by atoms with E-state index in [1.54, 1.807) is 0 Å². The van der Waals surface area contributed by atoms with Gasteiger partial charge in [0.1, 0.15) is 17.2 Å². The van der Waals surface area contributed by atoms with Crippen LogP contribution >= 0.6 is 0 Å². The lowest BCUT2D eigenvalue weighted by molar-refractivity contribution is -0.136. The molecule has 36 heavy (non-hydrogen) atoms. The van der Waals surface area contributed by atoms with E-state index in [1.165, 1.54) is 29.6 Å². The number of sulfonamides is 1. The van der Waals surface area contributed by atoms with E-state index in [2.05, 4.69) is 25.6 Å². The number of anilines is 3. The van der Waals surface area contributed by atoms with Gasteiger partial charge in [-0.25, -0.2) is 8.42 Å². The third-order valence-corrected chi connectivity index (χ3v) is 7.75. The van der Waals surface area contributed by atoms with Crippen LogP contribution in [-0.2, 0) is 20.9 Å². The highest BCUT2D eigenvalue weighted by Crippen LogP contribution is 2.38. The van der Waals surface area contributed by atoms with E-state index in [9.17, 15) is 21.6 Å². The molecule has 0 bridgehead atoms. The van der Waals surface area contributed by atoms with E-state index in [1.807, 2.05) is 13.8 Å². The molecule has 1 fully saturated rings. The first-order valence-electron chi connectivity index (χ1n) is 11.3. The van der Waals surface area contributed by atoms with Gasteiger partial charge in [0.15, 0.2) is 0 Å². The van der Waals surface area contributed by atoms with Crippen molar-refractivity contribution in [3.05, 3.63) is 30.0 Å². The Morgan fingerprint density at radius 2 is 1.97 bits per heavy atom. The fraction of sp³-hybridized carbons (Fsp3) is 0.455. The lowest BCUT2D eigenvalue weighted by atomic mass is 10.2. The summed E-state index contributed by atoms with van der Waals surface area (Å²) in [5, 5.41) is 5.79. The molecule has 0 radical (unpaired) electrons. The Morgan fingerprint density at radius 3 is 2.61 bits per heavy atom. The second-order valence-electron chi connectivity index (χ2n) is 8.28. The van der Waals surface area contributed by atoms with Crippen molar-refractivity contribution in [1.29, 1.82) is 0 Å². The maximum atomic E-state index is 13.6. The number of hydrogen-bond acceptors (Lipinski definition) is 8. The van der Waals surface area contributed by atoms with Crippen molar-refractivity contribution in [2.24, 2.45) is 0 Å². The van der Waals surface area contributed by atoms with Gasteiger partial charge in [-0.1, -0.05) is 6.92 Å². The lowest BCUT2D eigenvalue weighted by Gasteiger charge is -2.26. The fourth-order valence-electron chi connectivity index (χ4n) is 3.74. The Hall–Kier alpha value is -3.10. The first kappa shape index (κ1) is 26.0. The van der Waals surface area contributed by atoms with Crippen molar-refractivity contribution in [2.45, 2.75) is 37.4 Å². The van der Waals surface area contributed by atoms with Gasteiger partial charge in [-0.3, -0.25) is 0 Å². The standard InChI is InChI=1S/C22H27F3N6O4S/c1-4-13(2)27-20-18-15(22(23,24)25)12-26-19(18)29-21(30-20)28-16-6-5-14(11-17(16)34-3)36(32,33)31-7-9-35-10-8-31/h5-6,11-13H,4,7-10H2,1-3H3,(H3,26,27,28,29,30). The zero-order valence-corrected chi connectivity index (χ0v) is 20.8. The van der Waals surface area contributed by atoms with E-state index in [-0.39, 0.29) is 52.6 Å². The Balaban J connectivity index is 1.70. The summed E-state index contributed by atoms with van der Waals surface area (Å²) in [6.07, 6.45) is -3.07. The van der Waals surface area contributed by atoms with Crippen molar-refractivity contribution in [3.63, 3.8) is 0 Å². The number of H-pyrrole nitrogens is 1. The molecule has 14 heteroatoms. The number of alkyl halides is 3. The molecule has 3 heterocycles. The van der Waals surface area contributed by atoms with Gasteiger partial charge in [-0.2, -0.15) is 27.4 Å². The number of ether oxygens (including phenoxy) is 2. The van der Waals surface area contributed by atoms with Crippen LogP contribution < -0.4 is 15.4 Å². The van der Waals surface area contributed by atoms with Crippen LogP contribution in [0.4, 0.5) is 30.6 Å². The molecule has 1 saturated heterocycles. The van der Waals surface area contributed by atoms with Crippen LogP contribution in [0.25, 0.3) is 11.0 Å². The minimum Gasteiger partial charge on any atom is -0.495 e. The molecule has 1 unspecified atom stereocenters. The average molecular weight is 529 g/mol. The number of methoxy groups -OCH3 is 1. The Bertz CT molecular complexity index is 1340. The Kier molecular flexibility index (Phi) is 7.29. The number of benzene rings is 1. The van der Waals surface area contributed by atoms with E-state index in [0.29, 0.717) is 25.3 Å². The van der Waals surface area contributed by atoms with Gasteiger partial charge in [-0.05, 0) is 25.5 Å². The summed E-state index contributed by atoms with van der Waals surface area (Å²) in [6.45, 7) is 4.86. The zero-order valence-electron chi connectivity index (χ0n) is 19.9. The number of nitrogens with one attached hydrogen (secondary N) is 3. The maximum absolute atomic E-state index is 13.6. The van der Waals surface area contributed by atoms with E-state index >= 15 is 0 Å². The molecule has 0 saturated carbocycles. The number of rotatable bonds is 8. The quantitative estimate of drug-likeness (QED) is 0.402. The minimum atomic E-state index is -4.59. The maximum Gasteiger partial charge on any atom is 0.418 e. The third kappa shape index (κ3) is 5.20. The minimum absolute atomic E-state index is 0.00360. The van der Waals surface area contributed by atoms with Gasteiger partial charge in [0.05, 0.1) is 41.9 Å². The van der Waals surface area contributed by atoms with Gasteiger partial charge in [0, 0.05) is 31.4 Å². The molecule has 4 rings (SSSR count). The van der Waals surface area contributed by atoms with Gasteiger partial charge < -0.3 is 25.1 Å². The number of fused-ring (bicyclic) bond motifs is 1. The second-order valence-corrected chi connectivity index (χ2v) is 10.2. The summed E-state index contributed by atoms with van der Waals surface area (Å²) in [5.74, 6) is 0.230. The van der Waals surface area contributed by atoms with Gasteiger partial charge in [0.2, 0.25) is 16.0 Å². The molecule has 1 aliphatic heterocycles. The van der Waals surface area contributed by atoms with Crippen LogP contribution in [0.2, 0.25) is 0 Å². The lowest BCUT2D eigenvalue weighted by Crippen LogP contribution is -2.40. The largest absolute Gasteiger partial charge is 0.495 e. The van der Waals surface area contributed by atoms with Gasteiger partial charge in [0.25, 0.3) is 0 Å². The van der Waals surface area contributed by atoms with E-state index in [4.69, 9.17) is 9.47 Å². The molecule has 0 spiro atoms. The summed E-state index contributed by atoms with van der Waals surface area (Å²) in [4.78, 5) is 11.1. The van der Waals surface area contributed by atoms with Crippen LogP contribution in [0, 0.1) is 0 Å². The summed E-state index contributed by atoms with van der Waals surface area (Å²) in [7, 11) is -2.37. The number of morpholine rings is 1. The van der Waals surface area contributed by atoms with Crippen molar-refractivity contribution in [1.82, 2.24) is 19.3 Å². The molecule has 3 N–H and O–H groups in total. The molecule has 0 amide bonds. The van der Waals surface area contributed by atoms with Crippen LogP contribution in [0.1, 0.15) is 25.8 Å². The van der Waals surface area contributed by atoms with Gasteiger partial charge in [-0.15, -0.1) is 0 Å². The molecule has 10 nitrogen and oxygen atoms in total. The fourth-order valence-corrected chi connectivity index (χ4v) is 5.17. The SMILES string of the molecule is CCC(C)Nc1nc(Nc2ccc(S(=O)(=O)N3CCOCC3)cc2OC)nc2[nH]cc(C(F)(F)F)c12. The monoisotopic (exact) mass is 528 g/mol. The van der Waals surface area contributed by atoms with Crippen LogP contribution in [0.5, 0.6) is 5.75 Å². The van der Waals surface area contributed by atoms with Crippen LogP contribution in [-0.4, -0.2) is 67.1 Å². The zero-order chi connectivity index (χ0) is 26.1. The van der Waals surface area contributed by atoms with Crippen LogP contribution in [0.15, 0.2) is 29.3 Å². The molecule has 196 valence electrons. The number of halogens is 3. The second kappa shape index (κ2) is 10.1. The number of aromatic amines is 1. The molecule has 1 aromatic carbocycles. The number of aromatic nitrogens is 3. The Labute approximate surface area is 206 Å². The van der Waals surface area contributed by atoms with E-state index < -0.39 is 21.8 Å². The highest BCUT2D eigenvalue weighted by atomic mass is 32.2. The molecule has 3 aromatic rings. The molecule has 1 atom stereocenters. The topological polar surface area (TPSA) is 121 Å². The number of nitrogens with zero attached hydrogens (tertiary/aromatic N) is 3. The smallest absolute Gasteiger partial charge is 0.418 e. The summed E-state index contributed by atoms with van der Waals surface area (Å²) in [5.41, 5.74) is -0.531. The highest BCUT2D eigenvalue weighted by Gasteiger charge is 2.36. The van der Waals surface area contributed by atoms with Crippen molar-refractivity contribution < 1.29 is 31.1 Å². The first-order chi connectivity index (χ1) is 17.0. The number of hydrogen-bond donors (Lipinski definition) is 3. The van der Waals surface area contributed by atoms with Crippen molar-refractivity contribution in [3.8, 4) is 5.75 Å². The first-order valence-corrected chi connectivity index (χ1v) is 12.7. The summed E-state index contributed by atoms with van der Waals surface area (Å²) >= 11 is 0. The van der Waals surface area contributed by atoms with E-state index in [0.717, 1.165) is 6.20 Å². The molecular weight excluding hydrogens is 501 g/mol. The third-order valence-electron chi connectivity index (χ3n) is 5.86. The van der Waals surface area contributed by atoms with Crippen molar-refractivity contribution >= 4 is 38.5 Å². The summed E-state index contributed by atoms with van der Waals surface area (Å²) < 4.78 is 78.7. The molecule has 1 aliphatic rings.